The fourth-order valence-electron chi connectivity index (χ4n) is 3.06. The van der Waals surface area contributed by atoms with Crippen LogP contribution in [0.3, 0.4) is 0 Å². The lowest BCUT2D eigenvalue weighted by molar-refractivity contribution is -0.301. The van der Waals surface area contributed by atoms with E-state index in [0.717, 1.165) is 31.4 Å². The van der Waals surface area contributed by atoms with Crippen LogP contribution in [0.15, 0.2) is 24.3 Å². The maximum atomic E-state index is 9.93. The molecule has 1 heterocycles. The summed E-state index contributed by atoms with van der Waals surface area (Å²) in [6.07, 6.45) is -2.59. The lowest BCUT2D eigenvalue weighted by Crippen LogP contribution is -2.59. The molecule has 0 bridgehead atoms. The maximum absolute atomic E-state index is 9.93. The molecule has 0 aliphatic carbocycles. The van der Waals surface area contributed by atoms with Crippen LogP contribution in [0.2, 0.25) is 0 Å². The minimum absolute atomic E-state index is 0.262. The average Bonchev–Trinajstić information content (AvgIpc) is 2.67. The van der Waals surface area contributed by atoms with Crippen LogP contribution < -0.4 is 4.74 Å². The van der Waals surface area contributed by atoms with E-state index in [1.807, 2.05) is 12.1 Å². The van der Waals surface area contributed by atoms with Crippen molar-refractivity contribution in [3.8, 4) is 5.75 Å². The maximum Gasteiger partial charge on any atom is 0.186 e. The second-order valence-electron chi connectivity index (χ2n) is 8.83. The molecule has 0 spiro atoms. The third kappa shape index (κ3) is 7.85. The molecule has 166 valence electrons. The number of ether oxygens (including phenoxy) is 3. The van der Waals surface area contributed by atoms with Crippen LogP contribution >= 0.6 is 0 Å². The largest absolute Gasteiger partial charge is 0.494 e. The summed E-state index contributed by atoms with van der Waals surface area (Å²) in [4.78, 5) is 0. The topological polar surface area (TPSA) is 109 Å². The van der Waals surface area contributed by atoms with Gasteiger partial charge in [-0.3, -0.25) is 0 Å². The van der Waals surface area contributed by atoms with Gasteiger partial charge in [0.1, 0.15) is 30.2 Å². The summed E-state index contributed by atoms with van der Waals surface area (Å²) in [5, 5.41) is 38.6. The fraction of sp³-hybridized carbons (Fsp3) is 0.727. The van der Waals surface area contributed by atoms with Gasteiger partial charge in [-0.05, 0) is 48.8 Å². The first-order valence-corrected chi connectivity index (χ1v) is 10.3. The molecular formula is C22H36O7. The monoisotopic (exact) mass is 412 g/mol. The van der Waals surface area contributed by atoms with Crippen molar-refractivity contribution in [2.24, 2.45) is 5.41 Å². The Bertz CT molecular complexity index is 582. The average molecular weight is 413 g/mol. The molecule has 2 rings (SSSR count). The summed E-state index contributed by atoms with van der Waals surface area (Å²) in [6, 6.07) is 8.10. The molecule has 0 aromatic heterocycles. The van der Waals surface area contributed by atoms with Gasteiger partial charge in [-0.1, -0.05) is 32.9 Å². The second kappa shape index (κ2) is 11.2. The van der Waals surface area contributed by atoms with Crippen LogP contribution in [0.4, 0.5) is 0 Å². The van der Waals surface area contributed by atoms with Crippen LogP contribution in [0.25, 0.3) is 0 Å². The molecule has 5 atom stereocenters. The van der Waals surface area contributed by atoms with E-state index in [1.54, 1.807) is 0 Å². The molecule has 1 aromatic rings. The van der Waals surface area contributed by atoms with Crippen molar-refractivity contribution in [1.29, 1.82) is 0 Å². The van der Waals surface area contributed by atoms with Gasteiger partial charge in [-0.2, -0.15) is 0 Å². The minimum atomic E-state index is -1.41. The first-order chi connectivity index (χ1) is 13.7. The number of aryl methyl sites for hydroxylation is 1. The molecule has 0 saturated carbocycles. The molecule has 1 aliphatic rings. The summed E-state index contributed by atoms with van der Waals surface area (Å²) in [5.41, 5.74) is 1.47. The number of rotatable bonds is 10. The van der Waals surface area contributed by atoms with Gasteiger partial charge < -0.3 is 34.6 Å². The van der Waals surface area contributed by atoms with Crippen molar-refractivity contribution in [2.75, 3.05) is 19.8 Å². The van der Waals surface area contributed by atoms with Gasteiger partial charge in [0.2, 0.25) is 0 Å². The van der Waals surface area contributed by atoms with Gasteiger partial charge in [0.15, 0.2) is 6.29 Å². The third-order valence-electron chi connectivity index (χ3n) is 5.03. The van der Waals surface area contributed by atoms with Crippen molar-refractivity contribution < 1.29 is 34.6 Å². The summed E-state index contributed by atoms with van der Waals surface area (Å²) in [7, 11) is 0. The first kappa shape index (κ1) is 24.1. The Morgan fingerprint density at radius 2 is 1.62 bits per heavy atom. The van der Waals surface area contributed by atoms with Crippen molar-refractivity contribution in [1.82, 2.24) is 0 Å². The first-order valence-electron chi connectivity index (χ1n) is 10.3. The Labute approximate surface area is 173 Å². The molecule has 7 heteroatoms. The molecule has 0 amide bonds. The molecule has 1 aromatic carbocycles. The van der Waals surface area contributed by atoms with Crippen LogP contribution in [-0.4, -0.2) is 71.0 Å². The van der Waals surface area contributed by atoms with E-state index in [1.165, 1.54) is 5.56 Å². The molecule has 0 radical (unpaired) electrons. The van der Waals surface area contributed by atoms with Gasteiger partial charge >= 0.3 is 0 Å². The molecule has 29 heavy (non-hydrogen) atoms. The van der Waals surface area contributed by atoms with E-state index in [4.69, 9.17) is 14.2 Å². The third-order valence-corrected chi connectivity index (χ3v) is 5.03. The van der Waals surface area contributed by atoms with Crippen molar-refractivity contribution in [3.63, 3.8) is 0 Å². The lowest BCUT2D eigenvalue weighted by atomic mass is 9.93. The van der Waals surface area contributed by atoms with Crippen molar-refractivity contribution in [2.45, 2.75) is 77.2 Å². The lowest BCUT2D eigenvalue weighted by Gasteiger charge is -2.39. The molecule has 1 fully saturated rings. The zero-order valence-electron chi connectivity index (χ0n) is 17.7. The van der Waals surface area contributed by atoms with Crippen LogP contribution in [0, 0.1) is 5.41 Å². The molecule has 1 saturated heterocycles. The van der Waals surface area contributed by atoms with E-state index in [9.17, 15) is 20.4 Å². The Morgan fingerprint density at radius 3 is 2.24 bits per heavy atom. The van der Waals surface area contributed by atoms with E-state index in [-0.39, 0.29) is 5.41 Å². The number of unbranched alkanes of at least 4 members (excludes halogenated alkanes) is 1. The van der Waals surface area contributed by atoms with Gasteiger partial charge in [-0.25, -0.2) is 0 Å². The number of aliphatic hydroxyl groups excluding tert-OH is 4. The zero-order chi connectivity index (χ0) is 21.4. The highest BCUT2D eigenvalue weighted by Crippen LogP contribution is 2.23. The van der Waals surface area contributed by atoms with E-state index >= 15 is 0 Å². The Kier molecular flexibility index (Phi) is 9.33. The predicted molar refractivity (Wildman–Crippen MR) is 109 cm³/mol. The summed E-state index contributed by atoms with van der Waals surface area (Å²) in [5.74, 6) is 0.879. The van der Waals surface area contributed by atoms with Crippen LogP contribution in [0.1, 0.15) is 45.6 Å². The van der Waals surface area contributed by atoms with Gasteiger partial charge in [-0.15, -0.1) is 0 Å². The Morgan fingerprint density at radius 1 is 0.931 bits per heavy atom. The molecular weight excluding hydrogens is 376 g/mol. The summed E-state index contributed by atoms with van der Waals surface area (Å²) < 4.78 is 16.6. The number of benzene rings is 1. The minimum Gasteiger partial charge on any atom is -0.494 e. The standard InChI is InChI=1S/C22H36O7/c1-22(2,3)11-13-27-16-9-7-15(8-10-16)6-4-5-12-28-21-20(26)19(25)18(24)17(14-23)29-21/h7-10,17-21,23-26H,4-6,11-14H2,1-3H3. The number of hydrogen-bond acceptors (Lipinski definition) is 7. The SMILES string of the molecule is CC(C)(C)CCOc1ccc(CCCCOC2OC(CO)C(O)C(O)C2O)cc1. The Hall–Kier alpha value is -1.22. The van der Waals surface area contributed by atoms with Crippen molar-refractivity contribution >= 4 is 0 Å². The highest BCUT2D eigenvalue weighted by Gasteiger charge is 2.43. The van der Waals surface area contributed by atoms with E-state index < -0.39 is 37.3 Å². The smallest absolute Gasteiger partial charge is 0.186 e. The zero-order valence-corrected chi connectivity index (χ0v) is 17.7. The van der Waals surface area contributed by atoms with Gasteiger partial charge in [0, 0.05) is 6.61 Å². The van der Waals surface area contributed by atoms with Crippen molar-refractivity contribution in [3.05, 3.63) is 29.8 Å². The fourth-order valence-corrected chi connectivity index (χ4v) is 3.06. The summed E-state index contributed by atoms with van der Waals surface area (Å²) in [6.45, 7) is 7.18. The van der Waals surface area contributed by atoms with E-state index in [2.05, 4.69) is 32.9 Å². The molecule has 5 unspecified atom stereocenters. The second-order valence-corrected chi connectivity index (χ2v) is 8.83. The van der Waals surface area contributed by atoms with Gasteiger partial charge in [0.05, 0.1) is 13.2 Å². The molecule has 1 aliphatic heterocycles. The van der Waals surface area contributed by atoms with Gasteiger partial charge in [0.25, 0.3) is 0 Å². The Balaban J connectivity index is 1.65. The number of hydrogen-bond donors (Lipinski definition) is 4. The number of aliphatic hydroxyl groups is 4. The predicted octanol–water partition coefficient (Wildman–Crippen LogP) is 1.64. The molecule has 7 nitrogen and oxygen atoms in total. The van der Waals surface area contributed by atoms with Crippen LogP contribution in [-0.2, 0) is 15.9 Å². The normalized spacial score (nSPS) is 27.8. The summed E-state index contributed by atoms with van der Waals surface area (Å²) >= 11 is 0. The quantitative estimate of drug-likeness (QED) is 0.433. The van der Waals surface area contributed by atoms with Crippen LogP contribution in [0.5, 0.6) is 5.75 Å². The highest BCUT2D eigenvalue weighted by atomic mass is 16.7. The van der Waals surface area contributed by atoms with E-state index in [0.29, 0.717) is 13.2 Å². The highest BCUT2D eigenvalue weighted by molar-refractivity contribution is 5.27. The molecule has 4 N–H and O–H groups in total.